The Labute approximate surface area is 131 Å². The van der Waals surface area contributed by atoms with Crippen molar-refractivity contribution in [2.45, 2.75) is 39.2 Å². The number of hydrogen-bond acceptors (Lipinski definition) is 2. The van der Waals surface area contributed by atoms with Gasteiger partial charge in [0.1, 0.15) is 11.5 Å². The zero-order valence-corrected chi connectivity index (χ0v) is 13.6. The molecule has 1 amide bonds. The average Bonchev–Trinajstić information content (AvgIpc) is 2.69. The van der Waals surface area contributed by atoms with E-state index in [1.807, 2.05) is 0 Å². The minimum Gasteiger partial charge on any atom is -0.343 e. The van der Waals surface area contributed by atoms with Crippen LogP contribution in [0, 0.1) is 6.92 Å². The van der Waals surface area contributed by atoms with Crippen molar-refractivity contribution in [2.75, 3.05) is 14.1 Å². The predicted octanol–water partition coefficient (Wildman–Crippen LogP) is 3.29. The Kier molecular flexibility index (Phi) is 4.01. The predicted molar refractivity (Wildman–Crippen MR) is 88.0 cm³/mol. The molecule has 1 aromatic carbocycles. The van der Waals surface area contributed by atoms with Crippen LogP contribution in [-0.4, -0.2) is 34.5 Å². The summed E-state index contributed by atoms with van der Waals surface area (Å²) in [6.45, 7) is 3.03. The van der Waals surface area contributed by atoms with Crippen LogP contribution in [0.3, 0.4) is 0 Å². The summed E-state index contributed by atoms with van der Waals surface area (Å²) in [5.41, 5.74) is 4.05. The molecule has 4 nitrogen and oxygen atoms in total. The van der Waals surface area contributed by atoms with Gasteiger partial charge in [0.05, 0.1) is 5.69 Å². The SMILES string of the molecule is Cc1ccc(-c2nc(C(=O)N(C)C)c3n2CCCCC3)cc1. The Bertz CT molecular complexity index is 683. The Balaban J connectivity index is 2.14. The molecule has 0 saturated heterocycles. The van der Waals surface area contributed by atoms with Crippen LogP contribution in [0.5, 0.6) is 0 Å². The van der Waals surface area contributed by atoms with Crippen LogP contribution in [0.2, 0.25) is 0 Å². The lowest BCUT2D eigenvalue weighted by Crippen LogP contribution is -2.23. The number of amides is 1. The third-order valence-electron chi connectivity index (χ3n) is 4.29. The van der Waals surface area contributed by atoms with Crippen LogP contribution in [-0.2, 0) is 13.0 Å². The van der Waals surface area contributed by atoms with Gasteiger partial charge in [-0.25, -0.2) is 4.98 Å². The van der Waals surface area contributed by atoms with Gasteiger partial charge in [-0.05, 0) is 26.2 Å². The lowest BCUT2D eigenvalue weighted by molar-refractivity contribution is 0.0821. The molecule has 0 N–H and O–H groups in total. The molecule has 1 aliphatic heterocycles. The van der Waals surface area contributed by atoms with Crippen LogP contribution in [0.15, 0.2) is 24.3 Å². The van der Waals surface area contributed by atoms with Gasteiger partial charge in [-0.2, -0.15) is 0 Å². The number of carbonyl (C=O) groups is 1. The van der Waals surface area contributed by atoms with Crippen molar-refractivity contribution in [2.24, 2.45) is 0 Å². The van der Waals surface area contributed by atoms with E-state index in [-0.39, 0.29) is 5.91 Å². The highest BCUT2D eigenvalue weighted by molar-refractivity contribution is 5.94. The molecule has 116 valence electrons. The van der Waals surface area contributed by atoms with E-state index in [0.717, 1.165) is 42.9 Å². The molecule has 1 aromatic heterocycles. The second-order valence-corrected chi connectivity index (χ2v) is 6.26. The normalized spacial score (nSPS) is 14.3. The molecule has 1 aliphatic rings. The summed E-state index contributed by atoms with van der Waals surface area (Å²) >= 11 is 0. The van der Waals surface area contributed by atoms with E-state index in [9.17, 15) is 4.79 Å². The minimum absolute atomic E-state index is 0.00371. The Morgan fingerprint density at radius 1 is 1.14 bits per heavy atom. The number of benzene rings is 1. The van der Waals surface area contributed by atoms with Crippen molar-refractivity contribution in [3.63, 3.8) is 0 Å². The monoisotopic (exact) mass is 297 g/mol. The van der Waals surface area contributed by atoms with E-state index in [1.54, 1.807) is 19.0 Å². The van der Waals surface area contributed by atoms with Crippen LogP contribution in [0.4, 0.5) is 0 Å². The molecule has 0 radical (unpaired) electrons. The summed E-state index contributed by atoms with van der Waals surface area (Å²) in [5.74, 6) is 0.936. The third kappa shape index (κ3) is 2.65. The van der Waals surface area contributed by atoms with Gasteiger partial charge in [-0.15, -0.1) is 0 Å². The van der Waals surface area contributed by atoms with Crippen molar-refractivity contribution in [3.05, 3.63) is 41.2 Å². The summed E-state index contributed by atoms with van der Waals surface area (Å²) < 4.78 is 2.26. The molecule has 2 heterocycles. The van der Waals surface area contributed by atoms with Crippen LogP contribution in [0.1, 0.15) is 41.0 Å². The zero-order valence-electron chi connectivity index (χ0n) is 13.6. The van der Waals surface area contributed by atoms with Gasteiger partial charge in [-0.3, -0.25) is 4.79 Å². The molecule has 0 fully saturated rings. The summed E-state index contributed by atoms with van der Waals surface area (Å²) in [5, 5.41) is 0. The van der Waals surface area contributed by atoms with E-state index >= 15 is 0 Å². The first-order valence-electron chi connectivity index (χ1n) is 7.96. The van der Waals surface area contributed by atoms with E-state index in [2.05, 4.69) is 35.8 Å². The van der Waals surface area contributed by atoms with Gasteiger partial charge in [-0.1, -0.05) is 36.2 Å². The molecular formula is C18H23N3O. The van der Waals surface area contributed by atoms with Gasteiger partial charge in [0.25, 0.3) is 5.91 Å². The lowest BCUT2D eigenvalue weighted by atomic mass is 10.1. The fraction of sp³-hybridized carbons (Fsp3) is 0.444. The highest BCUT2D eigenvalue weighted by Gasteiger charge is 2.24. The molecule has 0 spiro atoms. The molecule has 0 aliphatic carbocycles. The molecule has 22 heavy (non-hydrogen) atoms. The van der Waals surface area contributed by atoms with Crippen molar-refractivity contribution in [3.8, 4) is 11.4 Å². The van der Waals surface area contributed by atoms with Crippen molar-refractivity contribution in [1.82, 2.24) is 14.5 Å². The van der Waals surface area contributed by atoms with Crippen LogP contribution in [0.25, 0.3) is 11.4 Å². The van der Waals surface area contributed by atoms with E-state index in [0.29, 0.717) is 5.69 Å². The summed E-state index contributed by atoms with van der Waals surface area (Å²) in [4.78, 5) is 18.8. The molecule has 2 aromatic rings. The maximum Gasteiger partial charge on any atom is 0.273 e. The first-order valence-corrected chi connectivity index (χ1v) is 7.96. The number of rotatable bonds is 2. The number of aromatic nitrogens is 2. The van der Waals surface area contributed by atoms with Gasteiger partial charge >= 0.3 is 0 Å². The van der Waals surface area contributed by atoms with E-state index < -0.39 is 0 Å². The first kappa shape index (κ1) is 14.8. The Morgan fingerprint density at radius 3 is 2.55 bits per heavy atom. The van der Waals surface area contributed by atoms with E-state index in [1.165, 1.54) is 12.0 Å². The third-order valence-corrected chi connectivity index (χ3v) is 4.29. The maximum atomic E-state index is 12.5. The summed E-state index contributed by atoms with van der Waals surface area (Å²) in [6, 6.07) is 8.39. The minimum atomic E-state index is 0.00371. The number of aryl methyl sites for hydroxylation is 1. The molecule has 4 heteroatoms. The largest absolute Gasteiger partial charge is 0.343 e. The quantitative estimate of drug-likeness (QED) is 0.853. The lowest BCUT2D eigenvalue weighted by Gasteiger charge is -2.11. The van der Waals surface area contributed by atoms with E-state index in [4.69, 9.17) is 4.98 Å². The Hall–Kier alpha value is -2.10. The van der Waals surface area contributed by atoms with Crippen molar-refractivity contribution >= 4 is 5.91 Å². The Morgan fingerprint density at radius 2 is 1.86 bits per heavy atom. The average molecular weight is 297 g/mol. The molecule has 0 atom stereocenters. The summed E-state index contributed by atoms with van der Waals surface area (Å²) in [7, 11) is 3.58. The zero-order chi connectivity index (χ0) is 15.7. The second kappa shape index (κ2) is 5.95. The number of fused-ring (bicyclic) bond motifs is 1. The van der Waals surface area contributed by atoms with Crippen LogP contribution >= 0.6 is 0 Å². The highest BCUT2D eigenvalue weighted by Crippen LogP contribution is 2.27. The van der Waals surface area contributed by atoms with Gasteiger partial charge in [0.2, 0.25) is 0 Å². The molecular weight excluding hydrogens is 274 g/mol. The smallest absolute Gasteiger partial charge is 0.273 e. The number of nitrogens with zero attached hydrogens (tertiary/aromatic N) is 3. The first-order chi connectivity index (χ1) is 10.6. The molecule has 0 saturated carbocycles. The van der Waals surface area contributed by atoms with Gasteiger partial charge < -0.3 is 9.47 Å². The maximum absolute atomic E-state index is 12.5. The number of hydrogen-bond donors (Lipinski definition) is 0. The standard InChI is InChI=1S/C18H23N3O/c1-13-8-10-14(11-9-13)17-19-16(18(22)20(2)3)15-7-5-4-6-12-21(15)17/h8-11H,4-7,12H2,1-3H3. The van der Waals surface area contributed by atoms with Crippen LogP contribution < -0.4 is 0 Å². The molecule has 3 rings (SSSR count). The molecule has 0 unspecified atom stereocenters. The topological polar surface area (TPSA) is 38.1 Å². The second-order valence-electron chi connectivity index (χ2n) is 6.26. The number of carbonyl (C=O) groups excluding carboxylic acids is 1. The van der Waals surface area contributed by atoms with Crippen molar-refractivity contribution < 1.29 is 4.79 Å². The highest BCUT2D eigenvalue weighted by atomic mass is 16.2. The van der Waals surface area contributed by atoms with Gasteiger partial charge in [0.15, 0.2) is 0 Å². The fourth-order valence-electron chi connectivity index (χ4n) is 3.03. The van der Waals surface area contributed by atoms with Crippen molar-refractivity contribution in [1.29, 1.82) is 0 Å². The fourth-order valence-corrected chi connectivity index (χ4v) is 3.03. The summed E-state index contributed by atoms with van der Waals surface area (Å²) in [6.07, 6.45) is 4.43. The van der Waals surface area contributed by atoms with Gasteiger partial charge in [0, 0.05) is 26.2 Å². The number of imidazole rings is 1. The molecule has 0 bridgehead atoms.